The van der Waals surface area contributed by atoms with Crippen LogP contribution in [0.4, 0.5) is 0 Å². The lowest BCUT2D eigenvalue weighted by molar-refractivity contribution is -0.222. The number of rotatable bonds is 10. The topological polar surface area (TPSA) is 187 Å². The van der Waals surface area contributed by atoms with Gasteiger partial charge in [0, 0.05) is 18.9 Å². The summed E-state index contributed by atoms with van der Waals surface area (Å²) in [5.41, 5.74) is 1.60. The van der Waals surface area contributed by atoms with Crippen LogP contribution < -0.4 is 0 Å². The van der Waals surface area contributed by atoms with Gasteiger partial charge in [-0.1, -0.05) is 5.11 Å². The Bertz CT molecular complexity index is 620. The van der Waals surface area contributed by atoms with Crippen LogP contribution in [0.5, 0.6) is 0 Å². The van der Waals surface area contributed by atoms with Crippen LogP contribution in [-0.4, -0.2) is 75.5 Å². The minimum Gasteiger partial charge on any atom is -0.390 e. The third-order valence-electron chi connectivity index (χ3n) is 3.56. The fourth-order valence-corrected chi connectivity index (χ4v) is 2.30. The lowest BCUT2D eigenvalue weighted by Crippen LogP contribution is -2.75. The summed E-state index contributed by atoms with van der Waals surface area (Å²) in [7, 11) is -1.12. The number of azide groups is 1. The van der Waals surface area contributed by atoms with Crippen molar-refractivity contribution in [2.45, 2.75) is 44.2 Å². The average molecular weight is 346 g/mol. The standard InChI is InChI=1S/C13H19N3O8/c1-6(17)10(21)12(23,7(2)18)13(24-4,8(3)19)11(22)9(20)5-15-16-14/h9,11,20,22-23H,5H2,1-4H3/t9-,11-,12+,13+/m1/s1/i4D. The van der Waals surface area contributed by atoms with Gasteiger partial charge in [-0.05, 0) is 19.4 Å². The van der Waals surface area contributed by atoms with Crippen LogP contribution in [-0.2, 0) is 23.9 Å². The zero-order valence-electron chi connectivity index (χ0n) is 14.3. The normalized spacial score (nSPS) is 18.8. The molecular formula is C13H19N3O8. The molecule has 0 radical (unpaired) electrons. The van der Waals surface area contributed by atoms with Crippen LogP contribution in [0.15, 0.2) is 5.11 Å². The highest BCUT2D eigenvalue weighted by Crippen LogP contribution is 2.35. The molecule has 0 aromatic heterocycles. The van der Waals surface area contributed by atoms with Crippen LogP contribution in [0.3, 0.4) is 0 Å². The highest BCUT2D eigenvalue weighted by molar-refractivity contribution is 6.45. The summed E-state index contributed by atoms with van der Waals surface area (Å²) in [5, 5.41) is 33.9. The van der Waals surface area contributed by atoms with Crippen molar-refractivity contribution in [1.29, 1.82) is 0 Å². The average Bonchev–Trinajstić information content (AvgIpc) is 2.54. The van der Waals surface area contributed by atoms with Gasteiger partial charge in [0.25, 0.3) is 0 Å². The maximum Gasteiger partial charge on any atom is 0.240 e. The molecule has 0 amide bonds. The molecule has 0 unspecified atom stereocenters. The maximum absolute atomic E-state index is 12.2. The van der Waals surface area contributed by atoms with E-state index in [0.717, 1.165) is 6.92 Å². The predicted octanol–water partition coefficient (Wildman–Crippen LogP) is -1.53. The maximum atomic E-state index is 12.2. The van der Waals surface area contributed by atoms with Gasteiger partial charge in [0.15, 0.2) is 23.0 Å². The number of hydrogen-bond acceptors (Lipinski definition) is 9. The SMILES string of the molecule is [2H]CO[C@@](C(C)=O)([C@H](O)[C@H](O)CN=[N+]=[N-])[C@](O)(C(C)=O)C(=O)C(C)=O. The highest BCUT2D eigenvalue weighted by Gasteiger charge is 2.68. The van der Waals surface area contributed by atoms with Crippen molar-refractivity contribution >= 4 is 23.1 Å². The highest BCUT2D eigenvalue weighted by atomic mass is 16.5. The van der Waals surface area contributed by atoms with Gasteiger partial charge in [-0.25, -0.2) is 0 Å². The first kappa shape index (κ1) is 19.9. The molecular weight excluding hydrogens is 326 g/mol. The summed E-state index contributed by atoms with van der Waals surface area (Å²) in [4.78, 5) is 50.1. The third-order valence-corrected chi connectivity index (χ3v) is 3.56. The smallest absolute Gasteiger partial charge is 0.240 e. The van der Waals surface area contributed by atoms with Crippen molar-refractivity contribution in [2.75, 3.05) is 13.6 Å². The molecule has 0 aromatic rings. The van der Waals surface area contributed by atoms with Crippen molar-refractivity contribution < 1.29 is 40.6 Å². The zero-order chi connectivity index (χ0) is 20.0. The molecule has 0 saturated carbocycles. The summed E-state index contributed by atoms with van der Waals surface area (Å²) in [6, 6.07) is 0. The van der Waals surface area contributed by atoms with Gasteiger partial charge in [-0.3, -0.25) is 19.2 Å². The minimum absolute atomic E-state index is 0.665. The largest absolute Gasteiger partial charge is 0.390 e. The van der Waals surface area contributed by atoms with Crippen molar-refractivity contribution in [2.24, 2.45) is 5.11 Å². The van der Waals surface area contributed by atoms with E-state index in [0.29, 0.717) is 13.8 Å². The van der Waals surface area contributed by atoms with E-state index in [2.05, 4.69) is 10.0 Å². The lowest BCUT2D eigenvalue weighted by atomic mass is 9.69. The van der Waals surface area contributed by atoms with Gasteiger partial charge >= 0.3 is 0 Å². The van der Waals surface area contributed by atoms with Crippen molar-refractivity contribution in [3.8, 4) is 0 Å². The molecule has 0 rings (SSSR count). The Morgan fingerprint density at radius 3 is 2.12 bits per heavy atom. The number of aliphatic hydroxyl groups is 3. The van der Waals surface area contributed by atoms with E-state index in [4.69, 9.17) is 11.6 Å². The van der Waals surface area contributed by atoms with Gasteiger partial charge < -0.3 is 20.1 Å². The Balaban J connectivity index is 6.69. The van der Waals surface area contributed by atoms with Gasteiger partial charge in [0.05, 0.1) is 14.0 Å². The first-order chi connectivity index (χ1) is 11.4. The summed E-state index contributed by atoms with van der Waals surface area (Å²) in [6.07, 6.45) is -4.53. The van der Waals surface area contributed by atoms with Gasteiger partial charge in [0.2, 0.25) is 11.4 Å². The molecule has 134 valence electrons. The summed E-state index contributed by atoms with van der Waals surface area (Å²) >= 11 is 0. The summed E-state index contributed by atoms with van der Waals surface area (Å²) < 4.78 is 11.9. The third kappa shape index (κ3) is 3.35. The van der Waals surface area contributed by atoms with Crippen molar-refractivity contribution in [1.82, 2.24) is 0 Å². The Morgan fingerprint density at radius 1 is 1.25 bits per heavy atom. The molecule has 4 atom stereocenters. The van der Waals surface area contributed by atoms with E-state index in [-0.39, 0.29) is 0 Å². The minimum atomic E-state index is -3.50. The second kappa shape index (κ2) is 8.08. The van der Waals surface area contributed by atoms with Crippen molar-refractivity contribution in [3.05, 3.63) is 10.4 Å². The molecule has 0 fully saturated rings. The van der Waals surface area contributed by atoms with E-state index in [9.17, 15) is 34.5 Å². The van der Waals surface area contributed by atoms with E-state index in [1.165, 1.54) is 0 Å². The number of carbonyl (C=O) groups excluding carboxylic acids is 4. The van der Waals surface area contributed by atoms with Gasteiger partial charge in [-0.2, -0.15) is 0 Å². The molecule has 0 bridgehead atoms. The molecule has 0 spiro atoms. The summed E-state index contributed by atoms with van der Waals surface area (Å²) in [5.74, 6) is -5.82. The van der Waals surface area contributed by atoms with Crippen molar-refractivity contribution in [3.63, 3.8) is 0 Å². The van der Waals surface area contributed by atoms with Crippen LogP contribution >= 0.6 is 0 Å². The predicted molar refractivity (Wildman–Crippen MR) is 77.8 cm³/mol. The van der Waals surface area contributed by atoms with Gasteiger partial charge in [-0.15, -0.1) is 0 Å². The quantitative estimate of drug-likeness (QED) is 0.140. The van der Waals surface area contributed by atoms with E-state index in [1.807, 2.05) is 0 Å². The monoisotopic (exact) mass is 346 g/mol. The first-order valence-electron chi connectivity index (χ1n) is 7.25. The summed E-state index contributed by atoms with van der Waals surface area (Å²) in [6.45, 7) is 1.29. The molecule has 11 nitrogen and oxygen atoms in total. The number of Topliss-reactive ketones (excluding diaryl/α,β-unsaturated/α-hetero) is 4. The number of ketones is 4. The molecule has 11 heteroatoms. The number of ether oxygens (including phenoxy) is 1. The van der Waals surface area contributed by atoms with Gasteiger partial charge in [0.1, 0.15) is 6.10 Å². The fourth-order valence-electron chi connectivity index (χ4n) is 2.30. The Hall–Kier alpha value is -2.17. The lowest BCUT2D eigenvalue weighted by Gasteiger charge is -2.45. The second-order valence-corrected chi connectivity index (χ2v) is 5.01. The zero-order valence-corrected chi connectivity index (χ0v) is 13.3. The Labute approximate surface area is 138 Å². The van der Waals surface area contributed by atoms with E-state index >= 15 is 0 Å². The van der Waals surface area contributed by atoms with E-state index < -0.39 is 60.2 Å². The number of carbonyl (C=O) groups is 4. The first-order valence-corrected chi connectivity index (χ1v) is 6.55. The Morgan fingerprint density at radius 2 is 1.79 bits per heavy atom. The van der Waals surface area contributed by atoms with Crippen LogP contribution in [0.1, 0.15) is 22.1 Å². The fraction of sp³-hybridized carbons (Fsp3) is 0.692. The molecule has 24 heavy (non-hydrogen) atoms. The Kier molecular flexibility index (Phi) is 6.70. The second-order valence-electron chi connectivity index (χ2n) is 5.01. The molecule has 0 heterocycles. The van der Waals surface area contributed by atoms with Crippen LogP contribution in [0.25, 0.3) is 10.4 Å². The molecule has 0 aliphatic carbocycles. The van der Waals surface area contributed by atoms with Crippen LogP contribution in [0, 0.1) is 0 Å². The number of methoxy groups -OCH3 is 1. The molecule has 0 aliphatic rings. The van der Waals surface area contributed by atoms with Crippen LogP contribution in [0.2, 0.25) is 0 Å². The molecule has 0 saturated heterocycles. The number of aliphatic hydroxyl groups excluding tert-OH is 2. The number of hydrogen-bond donors (Lipinski definition) is 3. The molecule has 3 N–H and O–H groups in total. The number of nitrogens with zero attached hydrogens (tertiary/aromatic N) is 3. The molecule has 0 aromatic carbocycles. The van der Waals surface area contributed by atoms with E-state index in [1.54, 1.807) is 0 Å². The molecule has 0 aliphatic heterocycles.